The highest BCUT2D eigenvalue weighted by atomic mass is 16.5. The van der Waals surface area contributed by atoms with E-state index in [9.17, 15) is 9.90 Å². The van der Waals surface area contributed by atoms with Crippen molar-refractivity contribution in [2.75, 3.05) is 19.7 Å². The van der Waals surface area contributed by atoms with E-state index in [1.807, 2.05) is 25.7 Å². The summed E-state index contributed by atoms with van der Waals surface area (Å²) in [7, 11) is 0. The van der Waals surface area contributed by atoms with Crippen LogP contribution in [-0.2, 0) is 9.53 Å². The third-order valence-corrected chi connectivity index (χ3v) is 3.27. The predicted molar refractivity (Wildman–Crippen MR) is 57.9 cm³/mol. The van der Waals surface area contributed by atoms with Crippen molar-refractivity contribution in [2.24, 2.45) is 0 Å². The van der Waals surface area contributed by atoms with Crippen LogP contribution in [0.25, 0.3) is 0 Å². The van der Waals surface area contributed by atoms with Gasteiger partial charge in [0.05, 0.1) is 12.2 Å². The lowest BCUT2D eigenvalue weighted by Gasteiger charge is -2.45. The highest BCUT2D eigenvalue weighted by Gasteiger charge is 2.42. The summed E-state index contributed by atoms with van der Waals surface area (Å²) < 4.78 is 5.58. The number of hydrogen-bond donors (Lipinski definition) is 1. The Bertz CT molecular complexity index is 252. The average molecular weight is 215 g/mol. The van der Waals surface area contributed by atoms with Gasteiger partial charge in [-0.3, -0.25) is 9.69 Å². The number of aliphatic carboxylic acids is 1. The van der Waals surface area contributed by atoms with Gasteiger partial charge in [-0.05, 0) is 27.2 Å². The topological polar surface area (TPSA) is 49.8 Å². The van der Waals surface area contributed by atoms with E-state index in [1.165, 1.54) is 0 Å². The highest BCUT2D eigenvalue weighted by Crippen LogP contribution is 2.26. The van der Waals surface area contributed by atoms with Crippen LogP contribution in [-0.4, -0.2) is 46.8 Å². The molecule has 1 rings (SSSR count). The molecule has 1 atom stereocenters. The van der Waals surface area contributed by atoms with Crippen molar-refractivity contribution in [1.82, 2.24) is 4.90 Å². The molecule has 0 amide bonds. The molecule has 1 heterocycles. The van der Waals surface area contributed by atoms with Gasteiger partial charge in [0.1, 0.15) is 5.54 Å². The quantitative estimate of drug-likeness (QED) is 0.772. The molecule has 1 fully saturated rings. The lowest BCUT2D eigenvalue weighted by molar-refractivity contribution is -0.162. The van der Waals surface area contributed by atoms with Gasteiger partial charge >= 0.3 is 5.97 Å². The maximum absolute atomic E-state index is 11.3. The first-order valence-corrected chi connectivity index (χ1v) is 5.44. The van der Waals surface area contributed by atoms with Crippen LogP contribution in [0.15, 0.2) is 0 Å². The van der Waals surface area contributed by atoms with Crippen LogP contribution in [0.3, 0.4) is 0 Å². The Labute approximate surface area is 91.2 Å². The molecule has 0 aromatic rings. The van der Waals surface area contributed by atoms with Crippen LogP contribution >= 0.6 is 0 Å². The molecular weight excluding hydrogens is 194 g/mol. The van der Waals surface area contributed by atoms with E-state index >= 15 is 0 Å². The molecule has 0 saturated carbocycles. The fourth-order valence-electron chi connectivity index (χ4n) is 1.95. The van der Waals surface area contributed by atoms with Crippen molar-refractivity contribution in [3.63, 3.8) is 0 Å². The maximum atomic E-state index is 11.3. The molecule has 0 bridgehead atoms. The summed E-state index contributed by atoms with van der Waals surface area (Å²) in [5.41, 5.74) is -1.01. The molecule has 1 N–H and O–H groups in total. The largest absolute Gasteiger partial charge is 0.480 e. The first kappa shape index (κ1) is 12.5. The molecule has 0 radical (unpaired) electrons. The Morgan fingerprint density at radius 2 is 2.20 bits per heavy atom. The number of carbonyl (C=O) groups is 1. The van der Waals surface area contributed by atoms with Crippen LogP contribution in [0.1, 0.15) is 34.1 Å². The number of carboxylic acids is 1. The van der Waals surface area contributed by atoms with Gasteiger partial charge in [-0.25, -0.2) is 0 Å². The lowest BCUT2D eigenvalue weighted by atomic mass is 9.93. The number of carboxylic acid groups (broad SMARTS) is 1. The van der Waals surface area contributed by atoms with Crippen LogP contribution in [0.2, 0.25) is 0 Å². The molecule has 1 unspecified atom stereocenters. The molecule has 0 aliphatic carbocycles. The van der Waals surface area contributed by atoms with Crippen LogP contribution in [0, 0.1) is 0 Å². The van der Waals surface area contributed by atoms with Crippen LogP contribution in [0.4, 0.5) is 0 Å². The molecule has 88 valence electrons. The van der Waals surface area contributed by atoms with Gasteiger partial charge in [-0.15, -0.1) is 0 Å². The second kappa shape index (κ2) is 4.10. The number of morpholine rings is 1. The monoisotopic (exact) mass is 215 g/mol. The molecule has 0 spiro atoms. The summed E-state index contributed by atoms with van der Waals surface area (Å²) in [6.45, 7) is 9.67. The van der Waals surface area contributed by atoms with Gasteiger partial charge in [-0.1, -0.05) is 6.92 Å². The van der Waals surface area contributed by atoms with E-state index in [4.69, 9.17) is 4.74 Å². The summed E-state index contributed by atoms with van der Waals surface area (Å²) in [4.78, 5) is 13.3. The number of hydrogen-bond acceptors (Lipinski definition) is 3. The second-order valence-corrected chi connectivity index (χ2v) is 4.96. The highest BCUT2D eigenvalue weighted by molar-refractivity contribution is 5.78. The average Bonchev–Trinajstić information content (AvgIpc) is 2.14. The van der Waals surface area contributed by atoms with Crippen molar-refractivity contribution >= 4 is 5.97 Å². The number of nitrogens with zero attached hydrogens (tertiary/aromatic N) is 1. The maximum Gasteiger partial charge on any atom is 0.323 e. The fourth-order valence-corrected chi connectivity index (χ4v) is 1.95. The normalized spacial score (nSPS) is 25.9. The van der Waals surface area contributed by atoms with E-state index in [0.717, 1.165) is 0 Å². The molecule has 1 aliphatic rings. The Hall–Kier alpha value is -0.610. The van der Waals surface area contributed by atoms with Gasteiger partial charge in [0.15, 0.2) is 0 Å². The zero-order valence-corrected chi connectivity index (χ0v) is 10.0. The molecule has 4 nitrogen and oxygen atoms in total. The minimum absolute atomic E-state index is 0.246. The van der Waals surface area contributed by atoms with Gasteiger partial charge in [0, 0.05) is 13.1 Å². The van der Waals surface area contributed by atoms with E-state index in [-0.39, 0.29) is 5.60 Å². The molecule has 4 heteroatoms. The first-order chi connectivity index (χ1) is 6.82. The van der Waals surface area contributed by atoms with Crippen molar-refractivity contribution in [2.45, 2.75) is 45.3 Å². The smallest absolute Gasteiger partial charge is 0.323 e. The van der Waals surface area contributed by atoms with Crippen LogP contribution < -0.4 is 0 Å². The molecule has 0 aromatic carbocycles. The minimum atomic E-state index is -0.763. The standard InChI is InChI=1S/C11H21NO3/c1-5-11(4,9(13)14)12-6-7-15-10(2,3)8-12/h5-8H2,1-4H3,(H,13,14). The van der Waals surface area contributed by atoms with E-state index in [2.05, 4.69) is 0 Å². The summed E-state index contributed by atoms with van der Waals surface area (Å²) in [5, 5.41) is 9.27. The third-order valence-electron chi connectivity index (χ3n) is 3.27. The number of ether oxygens (including phenoxy) is 1. The Morgan fingerprint density at radius 3 is 2.60 bits per heavy atom. The van der Waals surface area contributed by atoms with Crippen molar-refractivity contribution in [3.8, 4) is 0 Å². The first-order valence-electron chi connectivity index (χ1n) is 5.44. The van der Waals surface area contributed by atoms with Gasteiger partial charge in [-0.2, -0.15) is 0 Å². The van der Waals surface area contributed by atoms with Gasteiger partial charge in [0.2, 0.25) is 0 Å². The molecule has 1 saturated heterocycles. The van der Waals surface area contributed by atoms with E-state index in [0.29, 0.717) is 26.1 Å². The third kappa shape index (κ3) is 2.49. The Balaban J connectivity index is 2.81. The van der Waals surface area contributed by atoms with Crippen LogP contribution in [0.5, 0.6) is 0 Å². The summed E-state index contributed by atoms with van der Waals surface area (Å²) in [6, 6.07) is 0. The van der Waals surface area contributed by atoms with Gasteiger partial charge in [0.25, 0.3) is 0 Å². The van der Waals surface area contributed by atoms with Gasteiger partial charge < -0.3 is 9.84 Å². The number of rotatable bonds is 3. The van der Waals surface area contributed by atoms with Crippen molar-refractivity contribution in [3.05, 3.63) is 0 Å². The summed E-state index contributed by atoms with van der Waals surface area (Å²) in [5.74, 6) is -0.747. The zero-order chi connectivity index (χ0) is 11.7. The lowest BCUT2D eigenvalue weighted by Crippen LogP contribution is -2.60. The Morgan fingerprint density at radius 1 is 1.60 bits per heavy atom. The molecule has 1 aliphatic heterocycles. The minimum Gasteiger partial charge on any atom is -0.480 e. The summed E-state index contributed by atoms with van der Waals surface area (Å²) >= 11 is 0. The molecule has 15 heavy (non-hydrogen) atoms. The van der Waals surface area contributed by atoms with Crippen molar-refractivity contribution < 1.29 is 14.6 Å². The molecular formula is C11H21NO3. The Kier molecular flexibility index (Phi) is 3.41. The molecule has 0 aromatic heterocycles. The second-order valence-electron chi connectivity index (χ2n) is 4.96. The predicted octanol–water partition coefficient (Wildman–Crippen LogP) is 1.35. The SMILES string of the molecule is CCC(C)(C(=O)O)N1CCOC(C)(C)C1. The zero-order valence-electron chi connectivity index (χ0n) is 10.0. The summed E-state index contributed by atoms with van der Waals surface area (Å²) in [6.07, 6.45) is 0.610. The van der Waals surface area contributed by atoms with E-state index < -0.39 is 11.5 Å². The fraction of sp³-hybridized carbons (Fsp3) is 0.909. The van der Waals surface area contributed by atoms with E-state index in [1.54, 1.807) is 6.92 Å². The van der Waals surface area contributed by atoms with Crippen molar-refractivity contribution in [1.29, 1.82) is 0 Å².